The molecule has 84 valence electrons. The molecule has 0 N–H and O–H groups in total. The third-order valence-electron chi connectivity index (χ3n) is 2.69. The number of fused-ring (bicyclic) bond motifs is 1. The highest BCUT2D eigenvalue weighted by Crippen LogP contribution is 2.21. The fraction of sp³-hybridized carbons (Fsp3) is 0.0769. The maximum atomic E-state index is 13.3. The van der Waals surface area contributed by atoms with E-state index in [1.807, 2.05) is 23.6 Å². The van der Waals surface area contributed by atoms with E-state index >= 15 is 0 Å². The lowest BCUT2D eigenvalue weighted by Gasteiger charge is -2.05. The van der Waals surface area contributed by atoms with Gasteiger partial charge in [0.25, 0.3) is 0 Å². The molecule has 0 saturated carbocycles. The van der Waals surface area contributed by atoms with Crippen molar-refractivity contribution >= 4 is 11.0 Å². The molecule has 4 heteroatoms. The number of imidazole rings is 1. The SMILES string of the molecule is Cc1nc2ccc(F)cc2n1-c1cccnc1. The molecule has 0 aliphatic rings. The molecule has 0 unspecified atom stereocenters. The summed E-state index contributed by atoms with van der Waals surface area (Å²) in [5, 5.41) is 0. The van der Waals surface area contributed by atoms with Gasteiger partial charge in [-0.15, -0.1) is 0 Å². The minimum atomic E-state index is -0.262. The van der Waals surface area contributed by atoms with Crippen LogP contribution < -0.4 is 0 Å². The maximum Gasteiger partial charge on any atom is 0.125 e. The van der Waals surface area contributed by atoms with Gasteiger partial charge in [0.2, 0.25) is 0 Å². The molecular weight excluding hydrogens is 217 g/mol. The third-order valence-corrected chi connectivity index (χ3v) is 2.69. The Morgan fingerprint density at radius 3 is 2.88 bits per heavy atom. The van der Waals surface area contributed by atoms with Crippen LogP contribution >= 0.6 is 0 Å². The Morgan fingerprint density at radius 2 is 2.12 bits per heavy atom. The summed E-state index contributed by atoms with van der Waals surface area (Å²) in [4.78, 5) is 8.47. The van der Waals surface area contributed by atoms with Crippen LogP contribution in [0.25, 0.3) is 16.7 Å². The van der Waals surface area contributed by atoms with E-state index in [2.05, 4.69) is 9.97 Å². The van der Waals surface area contributed by atoms with Gasteiger partial charge in [0, 0.05) is 12.3 Å². The summed E-state index contributed by atoms with van der Waals surface area (Å²) >= 11 is 0. The van der Waals surface area contributed by atoms with Gasteiger partial charge in [-0.2, -0.15) is 0 Å². The van der Waals surface area contributed by atoms with Gasteiger partial charge in [0.05, 0.1) is 22.9 Å². The van der Waals surface area contributed by atoms with Crippen molar-refractivity contribution in [2.75, 3.05) is 0 Å². The number of aryl methyl sites for hydroxylation is 1. The maximum absolute atomic E-state index is 13.3. The van der Waals surface area contributed by atoms with Crippen molar-refractivity contribution in [3.8, 4) is 5.69 Å². The van der Waals surface area contributed by atoms with Crippen LogP contribution in [-0.2, 0) is 0 Å². The lowest BCUT2D eigenvalue weighted by molar-refractivity contribution is 0.629. The Kier molecular flexibility index (Phi) is 2.14. The van der Waals surface area contributed by atoms with E-state index in [4.69, 9.17) is 0 Å². The Bertz CT molecular complexity index is 674. The first-order valence-corrected chi connectivity index (χ1v) is 5.31. The van der Waals surface area contributed by atoms with E-state index in [1.165, 1.54) is 12.1 Å². The molecule has 3 rings (SSSR count). The molecule has 0 saturated heterocycles. The summed E-state index contributed by atoms with van der Waals surface area (Å²) in [6.07, 6.45) is 3.44. The van der Waals surface area contributed by atoms with Crippen molar-refractivity contribution in [1.29, 1.82) is 0 Å². The highest BCUT2D eigenvalue weighted by atomic mass is 19.1. The highest BCUT2D eigenvalue weighted by molar-refractivity contribution is 5.78. The van der Waals surface area contributed by atoms with Gasteiger partial charge >= 0.3 is 0 Å². The van der Waals surface area contributed by atoms with Crippen LogP contribution in [0.5, 0.6) is 0 Å². The number of rotatable bonds is 1. The molecule has 3 nitrogen and oxygen atoms in total. The van der Waals surface area contributed by atoms with Crippen LogP contribution in [0, 0.1) is 12.7 Å². The zero-order valence-electron chi connectivity index (χ0n) is 9.26. The smallest absolute Gasteiger partial charge is 0.125 e. The summed E-state index contributed by atoms with van der Waals surface area (Å²) < 4.78 is 15.2. The van der Waals surface area contributed by atoms with E-state index in [0.29, 0.717) is 0 Å². The van der Waals surface area contributed by atoms with Crippen LogP contribution in [0.4, 0.5) is 4.39 Å². The van der Waals surface area contributed by atoms with Crippen LogP contribution in [-0.4, -0.2) is 14.5 Å². The van der Waals surface area contributed by atoms with E-state index in [0.717, 1.165) is 22.5 Å². The molecule has 2 heterocycles. The highest BCUT2D eigenvalue weighted by Gasteiger charge is 2.09. The normalized spacial score (nSPS) is 10.9. The predicted octanol–water partition coefficient (Wildman–Crippen LogP) is 2.87. The number of hydrogen-bond donors (Lipinski definition) is 0. The Hall–Kier alpha value is -2.23. The number of pyridine rings is 1. The number of aromatic nitrogens is 3. The number of hydrogen-bond acceptors (Lipinski definition) is 2. The lowest BCUT2D eigenvalue weighted by Crippen LogP contribution is -1.97. The molecular formula is C13H10FN3. The molecule has 0 radical (unpaired) electrons. The monoisotopic (exact) mass is 227 g/mol. The summed E-state index contributed by atoms with van der Waals surface area (Å²) in [6, 6.07) is 8.36. The summed E-state index contributed by atoms with van der Waals surface area (Å²) in [6.45, 7) is 1.89. The van der Waals surface area contributed by atoms with Gasteiger partial charge in [-0.3, -0.25) is 9.55 Å². The molecule has 0 fully saturated rings. The second-order valence-corrected chi connectivity index (χ2v) is 3.84. The number of benzene rings is 1. The predicted molar refractivity (Wildman–Crippen MR) is 63.6 cm³/mol. The number of nitrogens with zero attached hydrogens (tertiary/aromatic N) is 3. The second kappa shape index (κ2) is 3.66. The van der Waals surface area contributed by atoms with Crippen molar-refractivity contribution in [2.45, 2.75) is 6.92 Å². The van der Waals surface area contributed by atoms with Crippen molar-refractivity contribution in [3.05, 3.63) is 54.4 Å². The molecule has 0 spiro atoms. The zero-order chi connectivity index (χ0) is 11.8. The van der Waals surface area contributed by atoms with E-state index < -0.39 is 0 Å². The van der Waals surface area contributed by atoms with Crippen molar-refractivity contribution in [3.63, 3.8) is 0 Å². The third kappa shape index (κ3) is 1.58. The topological polar surface area (TPSA) is 30.7 Å². The van der Waals surface area contributed by atoms with Gasteiger partial charge in [-0.25, -0.2) is 9.37 Å². The quantitative estimate of drug-likeness (QED) is 0.640. The molecule has 3 aromatic rings. The summed E-state index contributed by atoms with van der Waals surface area (Å²) in [7, 11) is 0. The van der Waals surface area contributed by atoms with Gasteiger partial charge in [-0.1, -0.05) is 0 Å². The van der Waals surface area contributed by atoms with Crippen molar-refractivity contribution < 1.29 is 4.39 Å². The van der Waals surface area contributed by atoms with Gasteiger partial charge in [-0.05, 0) is 31.2 Å². The van der Waals surface area contributed by atoms with E-state index in [-0.39, 0.29) is 5.82 Å². The Morgan fingerprint density at radius 1 is 1.24 bits per heavy atom. The fourth-order valence-corrected chi connectivity index (χ4v) is 1.98. The Labute approximate surface area is 97.6 Å². The van der Waals surface area contributed by atoms with Crippen LogP contribution in [0.15, 0.2) is 42.7 Å². The van der Waals surface area contributed by atoms with Crippen molar-refractivity contribution in [1.82, 2.24) is 14.5 Å². The Balaban J connectivity index is 2.35. The average molecular weight is 227 g/mol. The second-order valence-electron chi connectivity index (χ2n) is 3.84. The van der Waals surface area contributed by atoms with Crippen molar-refractivity contribution in [2.24, 2.45) is 0 Å². The largest absolute Gasteiger partial charge is 0.295 e. The van der Waals surface area contributed by atoms with E-state index in [1.54, 1.807) is 18.5 Å². The molecule has 0 bridgehead atoms. The van der Waals surface area contributed by atoms with Gasteiger partial charge in [0.1, 0.15) is 11.6 Å². The fourth-order valence-electron chi connectivity index (χ4n) is 1.98. The number of halogens is 1. The molecule has 2 aromatic heterocycles. The lowest BCUT2D eigenvalue weighted by atomic mass is 10.3. The summed E-state index contributed by atoms with van der Waals surface area (Å²) in [5.74, 6) is 0.557. The standard InChI is InChI=1S/C13H10FN3/c1-9-16-12-5-4-10(14)7-13(12)17(9)11-3-2-6-15-8-11/h2-8H,1H3. The molecule has 17 heavy (non-hydrogen) atoms. The molecule has 0 aliphatic carbocycles. The molecule has 0 amide bonds. The molecule has 0 atom stereocenters. The summed E-state index contributed by atoms with van der Waals surface area (Å²) in [5.41, 5.74) is 2.43. The first kappa shape index (κ1) is 9.96. The first-order valence-electron chi connectivity index (χ1n) is 5.31. The van der Waals surface area contributed by atoms with Gasteiger partial charge < -0.3 is 0 Å². The van der Waals surface area contributed by atoms with Crippen LogP contribution in [0.2, 0.25) is 0 Å². The minimum Gasteiger partial charge on any atom is -0.295 e. The zero-order valence-corrected chi connectivity index (χ0v) is 9.26. The molecule has 0 aliphatic heterocycles. The van der Waals surface area contributed by atoms with E-state index in [9.17, 15) is 4.39 Å². The molecule has 1 aromatic carbocycles. The first-order chi connectivity index (χ1) is 8.25. The average Bonchev–Trinajstić information content (AvgIpc) is 2.65. The van der Waals surface area contributed by atoms with Crippen LogP contribution in [0.3, 0.4) is 0 Å². The van der Waals surface area contributed by atoms with Crippen LogP contribution in [0.1, 0.15) is 5.82 Å². The minimum absolute atomic E-state index is 0.262. The van der Waals surface area contributed by atoms with Gasteiger partial charge in [0.15, 0.2) is 0 Å².